The van der Waals surface area contributed by atoms with Crippen molar-refractivity contribution in [2.75, 3.05) is 16.4 Å². The second-order valence-corrected chi connectivity index (χ2v) is 10.5. The molecule has 1 saturated carbocycles. The van der Waals surface area contributed by atoms with Gasteiger partial charge in [-0.15, -0.1) is 0 Å². The van der Waals surface area contributed by atoms with E-state index in [2.05, 4.69) is 36.7 Å². The van der Waals surface area contributed by atoms with Crippen molar-refractivity contribution in [3.05, 3.63) is 52.6 Å². The van der Waals surface area contributed by atoms with Gasteiger partial charge >= 0.3 is 6.03 Å². The highest BCUT2D eigenvalue weighted by molar-refractivity contribution is 6.07. The van der Waals surface area contributed by atoms with Crippen molar-refractivity contribution < 1.29 is 9.59 Å². The van der Waals surface area contributed by atoms with Crippen LogP contribution >= 0.6 is 0 Å². The SMILES string of the molecule is Cc1cc(C)c(NC(=O)Nc2cc(N)ccc2C(=O)N[C@H]2CCCCC2C(C)(C)C)c(C)c1. The third-order valence-corrected chi connectivity index (χ3v) is 6.65. The molecule has 0 aliphatic heterocycles. The van der Waals surface area contributed by atoms with Gasteiger partial charge in [0.15, 0.2) is 0 Å². The number of carbonyl (C=O) groups excluding carboxylic acids is 2. The Bertz CT molecular complexity index is 1020. The van der Waals surface area contributed by atoms with Crippen LogP contribution in [0.4, 0.5) is 21.9 Å². The predicted molar refractivity (Wildman–Crippen MR) is 137 cm³/mol. The molecule has 3 amide bonds. The van der Waals surface area contributed by atoms with E-state index in [1.54, 1.807) is 18.2 Å². The first kappa shape index (κ1) is 24.6. The highest BCUT2D eigenvalue weighted by atomic mass is 16.2. The van der Waals surface area contributed by atoms with E-state index in [0.717, 1.165) is 41.6 Å². The summed E-state index contributed by atoms with van der Waals surface area (Å²) in [6.07, 6.45) is 4.39. The Morgan fingerprint density at radius 3 is 2.21 bits per heavy atom. The van der Waals surface area contributed by atoms with Crippen molar-refractivity contribution in [3.8, 4) is 0 Å². The zero-order valence-corrected chi connectivity index (χ0v) is 20.8. The van der Waals surface area contributed by atoms with Crippen molar-refractivity contribution in [2.45, 2.75) is 73.3 Å². The average Bonchev–Trinajstić information content (AvgIpc) is 2.70. The molecule has 1 aliphatic carbocycles. The molecule has 2 atom stereocenters. The molecule has 0 aromatic heterocycles. The zero-order valence-electron chi connectivity index (χ0n) is 20.8. The van der Waals surface area contributed by atoms with Gasteiger partial charge in [0.25, 0.3) is 5.91 Å². The standard InChI is InChI=1S/C27H38N4O2/c1-16-13-17(2)24(18(3)14-16)31-26(33)30-23-15-19(28)11-12-20(23)25(32)29-22-10-8-7-9-21(22)27(4,5)6/h11-15,21-22H,7-10,28H2,1-6H3,(H,29,32)(H2,30,31,33)/t21?,22-/m0/s1. The Hall–Kier alpha value is -3.02. The number of anilines is 3. The lowest BCUT2D eigenvalue weighted by Gasteiger charge is -2.40. The molecular weight excluding hydrogens is 412 g/mol. The van der Waals surface area contributed by atoms with E-state index in [1.807, 2.05) is 32.9 Å². The number of nitrogens with two attached hydrogens (primary N) is 1. The highest BCUT2D eigenvalue weighted by Crippen LogP contribution is 2.38. The Morgan fingerprint density at radius 2 is 1.58 bits per heavy atom. The molecule has 1 aliphatic rings. The second kappa shape index (κ2) is 9.86. The van der Waals surface area contributed by atoms with Gasteiger partial charge in [0.05, 0.1) is 11.3 Å². The van der Waals surface area contributed by atoms with Gasteiger partial charge in [-0.2, -0.15) is 0 Å². The number of urea groups is 1. The van der Waals surface area contributed by atoms with Gasteiger partial charge in [-0.05, 0) is 74.3 Å². The predicted octanol–water partition coefficient (Wildman–Crippen LogP) is 6.17. The lowest BCUT2D eigenvalue weighted by atomic mass is 9.69. The summed E-state index contributed by atoms with van der Waals surface area (Å²) in [5.74, 6) is 0.227. The van der Waals surface area contributed by atoms with Crippen LogP contribution in [0, 0.1) is 32.1 Å². The first-order valence-electron chi connectivity index (χ1n) is 11.8. The number of hydrogen-bond donors (Lipinski definition) is 4. The van der Waals surface area contributed by atoms with Gasteiger partial charge in [-0.3, -0.25) is 4.79 Å². The van der Waals surface area contributed by atoms with Crippen LogP contribution in [-0.4, -0.2) is 18.0 Å². The molecule has 6 heteroatoms. The summed E-state index contributed by atoms with van der Waals surface area (Å²) in [7, 11) is 0. The largest absolute Gasteiger partial charge is 0.399 e. The fourth-order valence-electron chi connectivity index (χ4n) is 5.09. The van der Waals surface area contributed by atoms with Crippen LogP contribution in [-0.2, 0) is 0 Å². The minimum absolute atomic E-state index is 0.114. The molecule has 0 spiro atoms. The van der Waals surface area contributed by atoms with Crippen molar-refractivity contribution >= 4 is 29.0 Å². The van der Waals surface area contributed by atoms with Crippen molar-refractivity contribution in [1.29, 1.82) is 0 Å². The van der Waals surface area contributed by atoms with E-state index in [1.165, 1.54) is 6.42 Å². The number of amides is 3. The topological polar surface area (TPSA) is 96.2 Å². The van der Waals surface area contributed by atoms with Gasteiger partial charge in [-0.1, -0.05) is 51.3 Å². The number of benzene rings is 2. The van der Waals surface area contributed by atoms with E-state index in [-0.39, 0.29) is 17.4 Å². The molecule has 0 saturated heterocycles. The molecule has 1 unspecified atom stereocenters. The van der Waals surface area contributed by atoms with Crippen LogP contribution in [0.2, 0.25) is 0 Å². The molecule has 0 bridgehead atoms. The van der Waals surface area contributed by atoms with Gasteiger partial charge in [0, 0.05) is 17.4 Å². The first-order valence-corrected chi connectivity index (χ1v) is 11.8. The summed E-state index contributed by atoms with van der Waals surface area (Å²) in [6, 6.07) is 8.76. The van der Waals surface area contributed by atoms with E-state index < -0.39 is 6.03 Å². The van der Waals surface area contributed by atoms with Crippen LogP contribution in [0.3, 0.4) is 0 Å². The molecule has 3 rings (SSSR count). The molecule has 6 nitrogen and oxygen atoms in total. The van der Waals surface area contributed by atoms with Gasteiger partial charge in [0.2, 0.25) is 0 Å². The minimum atomic E-state index is -0.407. The number of carbonyl (C=O) groups is 2. The normalized spacial score (nSPS) is 18.5. The fraction of sp³-hybridized carbons (Fsp3) is 0.481. The Kier molecular flexibility index (Phi) is 7.35. The average molecular weight is 451 g/mol. The quantitative estimate of drug-likeness (QED) is 0.419. The van der Waals surface area contributed by atoms with Gasteiger partial charge in [-0.25, -0.2) is 4.79 Å². The van der Waals surface area contributed by atoms with E-state index in [4.69, 9.17) is 5.73 Å². The highest BCUT2D eigenvalue weighted by Gasteiger charge is 2.35. The number of hydrogen-bond acceptors (Lipinski definition) is 3. The van der Waals surface area contributed by atoms with Crippen molar-refractivity contribution in [1.82, 2.24) is 5.32 Å². The maximum absolute atomic E-state index is 13.3. The number of nitrogen functional groups attached to an aromatic ring is 1. The Balaban J connectivity index is 1.79. The van der Waals surface area contributed by atoms with E-state index >= 15 is 0 Å². The maximum atomic E-state index is 13.3. The lowest BCUT2D eigenvalue weighted by molar-refractivity contribution is 0.0831. The number of aryl methyl sites for hydroxylation is 3. The third-order valence-electron chi connectivity index (χ3n) is 6.65. The maximum Gasteiger partial charge on any atom is 0.323 e. The summed E-state index contributed by atoms with van der Waals surface area (Å²) in [5.41, 5.74) is 11.3. The van der Waals surface area contributed by atoms with Crippen LogP contribution in [0.5, 0.6) is 0 Å². The van der Waals surface area contributed by atoms with Gasteiger partial charge in [0.1, 0.15) is 0 Å². The summed E-state index contributed by atoms with van der Waals surface area (Å²) < 4.78 is 0. The Labute approximate surface area is 197 Å². The van der Waals surface area contributed by atoms with Crippen LogP contribution in [0.15, 0.2) is 30.3 Å². The number of nitrogens with one attached hydrogen (secondary N) is 3. The molecule has 178 valence electrons. The minimum Gasteiger partial charge on any atom is -0.399 e. The lowest BCUT2D eigenvalue weighted by Crippen LogP contribution is -2.46. The van der Waals surface area contributed by atoms with E-state index in [9.17, 15) is 9.59 Å². The van der Waals surface area contributed by atoms with Gasteiger partial charge < -0.3 is 21.7 Å². The molecule has 1 fully saturated rings. The van der Waals surface area contributed by atoms with Crippen LogP contribution < -0.4 is 21.7 Å². The van der Waals surface area contributed by atoms with E-state index in [0.29, 0.717) is 22.9 Å². The summed E-state index contributed by atoms with van der Waals surface area (Å²) in [5, 5.41) is 9.01. The third kappa shape index (κ3) is 6.06. The monoisotopic (exact) mass is 450 g/mol. The molecule has 0 heterocycles. The molecule has 2 aromatic rings. The first-order chi connectivity index (χ1) is 15.5. The fourth-order valence-corrected chi connectivity index (χ4v) is 5.09. The molecule has 5 N–H and O–H groups in total. The van der Waals surface area contributed by atoms with Crippen molar-refractivity contribution in [3.63, 3.8) is 0 Å². The van der Waals surface area contributed by atoms with Crippen LogP contribution in [0.25, 0.3) is 0 Å². The number of rotatable bonds is 4. The smallest absolute Gasteiger partial charge is 0.323 e. The van der Waals surface area contributed by atoms with Crippen LogP contribution in [0.1, 0.15) is 73.5 Å². The molecule has 2 aromatic carbocycles. The molecular formula is C27H38N4O2. The summed E-state index contributed by atoms with van der Waals surface area (Å²) in [4.78, 5) is 26.1. The van der Waals surface area contributed by atoms with Crippen molar-refractivity contribution in [2.24, 2.45) is 11.3 Å². The summed E-state index contributed by atoms with van der Waals surface area (Å²) in [6.45, 7) is 12.7. The summed E-state index contributed by atoms with van der Waals surface area (Å²) >= 11 is 0. The molecule has 33 heavy (non-hydrogen) atoms. The zero-order chi connectivity index (χ0) is 24.3. The second-order valence-electron chi connectivity index (χ2n) is 10.5. The Morgan fingerprint density at radius 1 is 0.939 bits per heavy atom. The molecule has 0 radical (unpaired) electrons.